The van der Waals surface area contributed by atoms with Gasteiger partial charge < -0.3 is 2.85 Å². The van der Waals surface area contributed by atoms with E-state index in [1.807, 2.05) is 0 Å². The van der Waals surface area contributed by atoms with Crippen LogP contribution in [0.25, 0.3) is 0 Å². The van der Waals surface area contributed by atoms with Gasteiger partial charge >= 0.3 is 23.1 Å². The van der Waals surface area contributed by atoms with Gasteiger partial charge in [0.05, 0.1) is 0 Å². The normalized spacial score (nSPS) is 0. The predicted octanol–water partition coefficient (Wildman–Crippen LogP) is 0.729. The minimum atomic E-state index is 0. The van der Waals surface area contributed by atoms with E-state index in [4.69, 9.17) is 0 Å². The van der Waals surface area contributed by atoms with Crippen LogP contribution >= 0.6 is 37.2 Å². The Balaban J connectivity index is 0. The molecule has 0 fully saturated rings. The zero-order valence-electron chi connectivity index (χ0n) is 4.51. The van der Waals surface area contributed by atoms with Crippen LogP contribution in [0.5, 0.6) is 0 Å². The summed E-state index contributed by atoms with van der Waals surface area (Å²) in [4.78, 5) is 0. The van der Waals surface area contributed by atoms with Crippen molar-refractivity contribution in [3.63, 3.8) is 0 Å². The maximum absolute atomic E-state index is 0. The van der Waals surface area contributed by atoms with Gasteiger partial charge in [-0.1, -0.05) is 0 Å². The standard InChI is InChI=1S/B.3ClH.Mg.2H/h;3*1H;;;/q;;;;+2;2*-1. The zero-order valence-corrected chi connectivity index (χ0v) is 6.37. The average molecular weight is 147 g/mol. The number of hydrogen-bond acceptors (Lipinski definition) is 0. The Morgan fingerprint density at radius 3 is 0.800 bits per heavy atom. The van der Waals surface area contributed by atoms with Crippen LogP contribution in [0.4, 0.5) is 0 Å². The van der Waals surface area contributed by atoms with Crippen LogP contribution in [-0.4, -0.2) is 31.5 Å². The van der Waals surface area contributed by atoms with Crippen LogP contribution < -0.4 is 0 Å². The summed E-state index contributed by atoms with van der Waals surface area (Å²) in [6.07, 6.45) is 0. The topological polar surface area (TPSA) is 0 Å². The molecule has 0 unspecified atom stereocenters. The fourth-order valence-corrected chi connectivity index (χ4v) is 0. The molecule has 0 amide bonds. The molecular formula is H5BCl3Mg. The summed E-state index contributed by atoms with van der Waals surface area (Å²) in [5.74, 6) is 0. The van der Waals surface area contributed by atoms with Crippen molar-refractivity contribution in [1.29, 1.82) is 0 Å². The smallest absolute Gasteiger partial charge is 1.00 e. The molecule has 0 aliphatic carbocycles. The third-order valence-corrected chi connectivity index (χ3v) is 0. The van der Waals surface area contributed by atoms with Crippen LogP contribution in [0.15, 0.2) is 0 Å². The van der Waals surface area contributed by atoms with Crippen molar-refractivity contribution in [3.05, 3.63) is 0 Å². The molecule has 5 heavy (non-hydrogen) atoms. The number of halogens is 3. The van der Waals surface area contributed by atoms with E-state index in [2.05, 4.69) is 0 Å². The Morgan fingerprint density at radius 1 is 0.800 bits per heavy atom. The summed E-state index contributed by atoms with van der Waals surface area (Å²) in [5.41, 5.74) is 0. The summed E-state index contributed by atoms with van der Waals surface area (Å²) < 4.78 is 0. The fourth-order valence-electron chi connectivity index (χ4n) is 0. The van der Waals surface area contributed by atoms with Crippen LogP contribution in [0, 0.1) is 0 Å². The Bertz CT molecular complexity index is 12.9. The fraction of sp³-hybridized carbons (Fsp3) is 0. The largest absolute Gasteiger partial charge is 2.00 e. The minimum Gasteiger partial charge on any atom is -1.00 e. The van der Waals surface area contributed by atoms with Crippen molar-refractivity contribution in [3.8, 4) is 0 Å². The van der Waals surface area contributed by atoms with Crippen molar-refractivity contribution in [2.75, 3.05) is 0 Å². The van der Waals surface area contributed by atoms with Gasteiger partial charge in [-0.3, -0.25) is 0 Å². The molecule has 0 aromatic rings. The van der Waals surface area contributed by atoms with E-state index in [0.717, 1.165) is 0 Å². The Morgan fingerprint density at radius 2 is 0.800 bits per heavy atom. The minimum absolute atomic E-state index is 0. The second-order valence-corrected chi connectivity index (χ2v) is 0. The first-order valence-corrected chi connectivity index (χ1v) is 0. The number of hydrogen-bond donors (Lipinski definition) is 0. The van der Waals surface area contributed by atoms with Gasteiger partial charge in [0.25, 0.3) is 0 Å². The molecule has 31 valence electrons. The molecule has 0 rings (SSSR count). The first-order valence-electron chi connectivity index (χ1n) is 0. The van der Waals surface area contributed by atoms with Gasteiger partial charge in [-0.15, -0.1) is 37.2 Å². The summed E-state index contributed by atoms with van der Waals surface area (Å²) in [7, 11) is 0. The number of rotatable bonds is 0. The first-order chi connectivity index (χ1) is 0. The van der Waals surface area contributed by atoms with E-state index in [0.29, 0.717) is 0 Å². The molecule has 0 heterocycles. The Labute approximate surface area is 71.4 Å². The van der Waals surface area contributed by atoms with Crippen LogP contribution in [-0.2, 0) is 0 Å². The molecule has 0 saturated heterocycles. The average Bonchev–Trinajstić information content (AvgIpc) is 0. The zero-order chi connectivity index (χ0) is 0. The van der Waals surface area contributed by atoms with E-state index in [1.54, 1.807) is 0 Å². The van der Waals surface area contributed by atoms with Crippen LogP contribution in [0.1, 0.15) is 2.85 Å². The molecule has 0 bridgehead atoms. The maximum atomic E-state index is 0. The van der Waals surface area contributed by atoms with E-state index in [9.17, 15) is 0 Å². The quantitative estimate of drug-likeness (QED) is 0.442. The van der Waals surface area contributed by atoms with Crippen molar-refractivity contribution in [2.24, 2.45) is 0 Å². The predicted molar refractivity (Wildman–Crippen MR) is 35.5 cm³/mol. The SMILES string of the molecule is Cl.Cl.Cl.[B].[H-].[H-].[Mg+2]. The van der Waals surface area contributed by atoms with Crippen molar-refractivity contribution < 1.29 is 2.85 Å². The van der Waals surface area contributed by atoms with Crippen molar-refractivity contribution in [2.45, 2.75) is 0 Å². The van der Waals surface area contributed by atoms with Gasteiger partial charge in [0.15, 0.2) is 0 Å². The van der Waals surface area contributed by atoms with Crippen molar-refractivity contribution >= 4 is 68.7 Å². The molecular weight excluding hydrogens is 141 g/mol. The van der Waals surface area contributed by atoms with E-state index >= 15 is 0 Å². The van der Waals surface area contributed by atoms with Gasteiger partial charge in [0.2, 0.25) is 0 Å². The molecule has 3 radical (unpaired) electrons. The van der Waals surface area contributed by atoms with E-state index in [1.165, 1.54) is 0 Å². The summed E-state index contributed by atoms with van der Waals surface area (Å²) in [6, 6.07) is 0. The molecule has 0 nitrogen and oxygen atoms in total. The van der Waals surface area contributed by atoms with Crippen LogP contribution in [0.3, 0.4) is 0 Å². The maximum Gasteiger partial charge on any atom is 2.00 e. The Hall–Kier alpha value is 1.70. The summed E-state index contributed by atoms with van der Waals surface area (Å²) in [6.45, 7) is 0. The van der Waals surface area contributed by atoms with Crippen LogP contribution in [0.2, 0.25) is 0 Å². The molecule has 0 aliphatic rings. The van der Waals surface area contributed by atoms with Gasteiger partial charge in [0.1, 0.15) is 0 Å². The van der Waals surface area contributed by atoms with Gasteiger partial charge in [-0.25, -0.2) is 0 Å². The van der Waals surface area contributed by atoms with E-state index < -0.39 is 0 Å². The van der Waals surface area contributed by atoms with Gasteiger partial charge in [0, 0.05) is 8.41 Å². The second-order valence-electron chi connectivity index (χ2n) is 0. The molecule has 0 aromatic carbocycles. The molecule has 5 heteroatoms. The third kappa shape index (κ3) is 27.0. The molecule has 0 spiro atoms. The van der Waals surface area contributed by atoms with E-state index in [-0.39, 0.29) is 71.5 Å². The molecule has 0 saturated carbocycles. The van der Waals surface area contributed by atoms with Gasteiger partial charge in [-0.2, -0.15) is 0 Å². The second kappa shape index (κ2) is 43.5. The monoisotopic (exact) mass is 145 g/mol. The van der Waals surface area contributed by atoms with Gasteiger partial charge in [-0.05, 0) is 0 Å². The van der Waals surface area contributed by atoms with Crippen molar-refractivity contribution in [1.82, 2.24) is 0 Å². The first kappa shape index (κ1) is 75.3. The summed E-state index contributed by atoms with van der Waals surface area (Å²) in [5, 5.41) is 0. The third-order valence-electron chi connectivity index (χ3n) is 0. The Kier molecular flexibility index (Phi) is 655. The molecule has 0 atom stereocenters. The summed E-state index contributed by atoms with van der Waals surface area (Å²) >= 11 is 0. The molecule has 0 aliphatic heterocycles. The molecule has 0 N–H and O–H groups in total. The molecule has 0 aromatic heterocycles.